The van der Waals surface area contributed by atoms with Crippen LogP contribution in [0.25, 0.3) is 0 Å². The van der Waals surface area contributed by atoms with E-state index in [0.29, 0.717) is 16.4 Å². The highest BCUT2D eigenvalue weighted by Gasteiger charge is 2.80. The number of hydrogen-bond donors (Lipinski definition) is 1. The van der Waals surface area contributed by atoms with Crippen LogP contribution in [0.15, 0.2) is 22.5 Å². The van der Waals surface area contributed by atoms with Crippen molar-refractivity contribution in [3.05, 3.63) is 17.5 Å². The summed E-state index contributed by atoms with van der Waals surface area (Å²) in [6.45, 7) is 5.28. The molecule has 11 nitrogen and oxygen atoms in total. The third-order valence-electron chi connectivity index (χ3n) is 5.29. The topological polar surface area (TPSA) is 127 Å². The van der Waals surface area contributed by atoms with Gasteiger partial charge >= 0.3 is 13.5 Å². The molecule has 170 valence electrons. The first-order valence-electron chi connectivity index (χ1n) is 9.40. The summed E-state index contributed by atoms with van der Waals surface area (Å²) in [7, 11) is 0.538. The van der Waals surface area contributed by atoms with Crippen molar-refractivity contribution < 1.29 is 28.2 Å². The van der Waals surface area contributed by atoms with E-state index < -0.39 is 41.1 Å². The van der Waals surface area contributed by atoms with E-state index in [1.165, 1.54) is 47.3 Å². The predicted octanol–water partition coefficient (Wildman–Crippen LogP) is 1.86. The highest BCUT2D eigenvalue weighted by Crippen LogP contribution is 2.76. The van der Waals surface area contributed by atoms with Crippen molar-refractivity contribution in [3.63, 3.8) is 0 Å². The van der Waals surface area contributed by atoms with Crippen LogP contribution in [0.1, 0.15) is 20.8 Å². The zero-order chi connectivity index (χ0) is 22.8. The van der Waals surface area contributed by atoms with Gasteiger partial charge in [0.05, 0.1) is 11.6 Å². The normalized spacial score (nSPS) is 32.8. The summed E-state index contributed by atoms with van der Waals surface area (Å²) in [5.74, 6) is -0.879. The SMILES string of the molecule is CO[C@]12C(=O)N3C(C(=O)OC(C)(C)C)=C(CSc4cn[nH]n4)C(S[C@H]31)N(C)P2(=O)OC. The van der Waals surface area contributed by atoms with Crippen LogP contribution in [-0.4, -0.2) is 85.6 Å². The van der Waals surface area contributed by atoms with Crippen molar-refractivity contribution in [1.29, 1.82) is 0 Å². The van der Waals surface area contributed by atoms with E-state index in [-0.39, 0.29) is 5.70 Å². The third-order valence-corrected chi connectivity index (χ3v) is 11.2. The van der Waals surface area contributed by atoms with Gasteiger partial charge in [0, 0.05) is 20.0 Å². The highest BCUT2D eigenvalue weighted by atomic mass is 32.2. The summed E-state index contributed by atoms with van der Waals surface area (Å²) in [5.41, 5.74) is 0.00119. The Labute approximate surface area is 188 Å². The van der Waals surface area contributed by atoms with Gasteiger partial charge in [-0.15, -0.1) is 16.9 Å². The number of aromatic nitrogens is 3. The van der Waals surface area contributed by atoms with Crippen LogP contribution in [0, 0.1) is 0 Å². The maximum Gasteiger partial charge on any atom is 0.355 e. The van der Waals surface area contributed by atoms with Crippen LogP contribution < -0.4 is 0 Å². The highest BCUT2D eigenvalue weighted by molar-refractivity contribution is 8.02. The number of hydrogen-bond acceptors (Lipinski definition) is 10. The number of methoxy groups -OCH3 is 1. The summed E-state index contributed by atoms with van der Waals surface area (Å²) < 4.78 is 32.1. The van der Waals surface area contributed by atoms with Gasteiger partial charge in [0.2, 0.25) is 0 Å². The molecule has 4 heterocycles. The third kappa shape index (κ3) is 3.12. The molecule has 2 bridgehead atoms. The standard InChI is InChI=1S/C17H24N5O6PS2/c1-16(2,3)28-13(23)11-9(8-30-10-7-18-20-19-10)12-21(4)29(25,27-6)17(26-5)14(24)22(11)15(17)31-12/h7,12,15H,8H2,1-6H3,(H,18,19,20)/t12?,15-,17-,29?/m0/s1. The first kappa shape index (κ1) is 22.8. The number of aromatic amines is 1. The lowest BCUT2D eigenvalue weighted by Gasteiger charge is -2.64. The summed E-state index contributed by atoms with van der Waals surface area (Å²) in [4.78, 5) is 28.0. The van der Waals surface area contributed by atoms with E-state index in [2.05, 4.69) is 15.4 Å². The molecular weight excluding hydrogens is 465 g/mol. The van der Waals surface area contributed by atoms with Gasteiger partial charge in [0.1, 0.15) is 21.7 Å². The molecule has 2 fully saturated rings. The van der Waals surface area contributed by atoms with Crippen LogP contribution in [0.4, 0.5) is 0 Å². The smallest absolute Gasteiger partial charge is 0.355 e. The molecule has 0 spiro atoms. The molecule has 1 N–H and O–H groups in total. The number of rotatable bonds is 6. The maximum absolute atomic E-state index is 13.9. The zero-order valence-electron chi connectivity index (χ0n) is 17.9. The average Bonchev–Trinajstić information content (AvgIpc) is 3.22. The Morgan fingerprint density at radius 1 is 1.42 bits per heavy atom. The quantitative estimate of drug-likeness (QED) is 0.272. The first-order valence-corrected chi connectivity index (χ1v) is 12.9. The van der Waals surface area contributed by atoms with Gasteiger partial charge in [-0.3, -0.25) is 14.3 Å². The Bertz CT molecular complexity index is 996. The fourth-order valence-corrected chi connectivity index (χ4v) is 9.89. The molecule has 14 heteroatoms. The van der Waals surface area contributed by atoms with Crippen LogP contribution >= 0.6 is 31.0 Å². The van der Waals surface area contributed by atoms with Crippen molar-refractivity contribution in [2.45, 2.75) is 47.5 Å². The minimum atomic E-state index is -3.72. The second kappa shape index (κ2) is 7.60. The van der Waals surface area contributed by atoms with E-state index in [9.17, 15) is 14.2 Å². The molecule has 2 unspecified atom stereocenters. The van der Waals surface area contributed by atoms with Crippen molar-refractivity contribution >= 4 is 42.9 Å². The molecule has 0 saturated carbocycles. The average molecular weight is 490 g/mol. The van der Waals surface area contributed by atoms with Gasteiger partial charge in [-0.05, 0) is 33.4 Å². The Balaban J connectivity index is 1.84. The minimum Gasteiger partial charge on any atom is -0.455 e. The number of nitrogens with zero attached hydrogens (tertiary/aromatic N) is 4. The lowest BCUT2D eigenvalue weighted by molar-refractivity contribution is -0.175. The van der Waals surface area contributed by atoms with Crippen LogP contribution in [-0.2, 0) is 28.2 Å². The number of H-pyrrole nitrogens is 1. The number of fused-ring (bicyclic) bond motifs is 1. The number of amides is 1. The van der Waals surface area contributed by atoms with E-state index in [1.807, 2.05) is 0 Å². The number of esters is 1. The van der Waals surface area contributed by atoms with Crippen LogP contribution in [0.2, 0.25) is 0 Å². The second-order valence-electron chi connectivity index (χ2n) is 8.17. The van der Waals surface area contributed by atoms with E-state index in [1.54, 1.807) is 34.0 Å². The predicted molar refractivity (Wildman–Crippen MR) is 114 cm³/mol. The van der Waals surface area contributed by atoms with Gasteiger partial charge in [0.25, 0.3) is 11.2 Å². The molecule has 31 heavy (non-hydrogen) atoms. The van der Waals surface area contributed by atoms with Gasteiger partial charge in [-0.2, -0.15) is 10.3 Å². The van der Waals surface area contributed by atoms with Gasteiger partial charge < -0.3 is 14.0 Å². The summed E-state index contributed by atoms with van der Waals surface area (Å²) >= 11 is 2.74. The zero-order valence-corrected chi connectivity index (χ0v) is 20.5. The number of nitrogens with one attached hydrogen (secondary N) is 1. The molecule has 4 rings (SSSR count). The van der Waals surface area contributed by atoms with Gasteiger partial charge in [-0.1, -0.05) is 11.8 Å². The molecule has 1 amide bonds. The van der Waals surface area contributed by atoms with E-state index in [0.717, 1.165) is 0 Å². The summed E-state index contributed by atoms with van der Waals surface area (Å²) in [6.07, 6.45) is 1.56. The number of β-lactam (4-membered cyclic amide) rings is 1. The fraction of sp³-hybridized carbons (Fsp3) is 0.647. The molecule has 1 aromatic rings. The van der Waals surface area contributed by atoms with Crippen LogP contribution in [0.5, 0.6) is 0 Å². The van der Waals surface area contributed by atoms with Gasteiger partial charge in [0.15, 0.2) is 0 Å². The maximum atomic E-state index is 13.9. The molecule has 1 aromatic heterocycles. The summed E-state index contributed by atoms with van der Waals surface area (Å²) in [6, 6.07) is 0. The molecule has 3 aliphatic heterocycles. The molecule has 2 saturated heterocycles. The number of carbonyl (C=O) groups excluding carboxylic acids is 2. The van der Waals surface area contributed by atoms with Gasteiger partial charge in [-0.25, -0.2) is 9.46 Å². The Morgan fingerprint density at radius 2 is 2.13 bits per heavy atom. The Morgan fingerprint density at radius 3 is 2.68 bits per heavy atom. The lowest BCUT2D eigenvalue weighted by Crippen LogP contribution is -2.78. The molecule has 0 aromatic carbocycles. The van der Waals surface area contributed by atoms with Crippen molar-refractivity contribution in [2.24, 2.45) is 0 Å². The van der Waals surface area contributed by atoms with Crippen molar-refractivity contribution in [2.75, 3.05) is 27.0 Å². The molecule has 4 atom stereocenters. The van der Waals surface area contributed by atoms with E-state index >= 15 is 0 Å². The first-order chi connectivity index (χ1) is 14.5. The van der Waals surface area contributed by atoms with Crippen LogP contribution in [0.3, 0.4) is 0 Å². The minimum absolute atomic E-state index is 0.159. The number of carbonyl (C=O) groups is 2. The second-order valence-corrected chi connectivity index (χ2v) is 13.0. The van der Waals surface area contributed by atoms with E-state index in [4.69, 9.17) is 14.0 Å². The Kier molecular flexibility index (Phi) is 5.59. The number of ether oxygens (including phenoxy) is 2. The molecule has 3 aliphatic rings. The Hall–Kier alpha value is -1.37. The fourth-order valence-electron chi connectivity index (χ4n) is 3.96. The van der Waals surface area contributed by atoms with Crippen molar-refractivity contribution in [1.82, 2.24) is 25.0 Å². The van der Waals surface area contributed by atoms with Crippen molar-refractivity contribution in [3.8, 4) is 0 Å². The largest absolute Gasteiger partial charge is 0.455 e. The monoisotopic (exact) mass is 489 g/mol. The number of likely N-dealkylation sites (N-methyl/N-ethyl adjacent to an activating group) is 1. The number of thioether (sulfide) groups is 2. The molecule has 0 radical (unpaired) electrons. The molecule has 0 aliphatic carbocycles. The molecular formula is C17H24N5O6PS2. The lowest BCUT2D eigenvalue weighted by atomic mass is 10.0. The summed E-state index contributed by atoms with van der Waals surface area (Å²) in [5, 5.41) is 8.17.